The molecule has 0 unspecified atom stereocenters. The molecule has 1 aliphatic heterocycles. The SMILES string of the molecule is C[C@H](C(=O)N(C)[C@H](C)c1ccncc1)N1CCc2ccccc2C1. The summed E-state index contributed by atoms with van der Waals surface area (Å²) in [5.74, 6) is 0.165. The van der Waals surface area contributed by atoms with E-state index in [9.17, 15) is 4.79 Å². The van der Waals surface area contributed by atoms with Gasteiger partial charge in [-0.25, -0.2) is 0 Å². The molecule has 1 aromatic carbocycles. The number of aromatic nitrogens is 1. The number of fused-ring (bicyclic) bond motifs is 1. The molecule has 2 aromatic rings. The summed E-state index contributed by atoms with van der Waals surface area (Å²) in [4.78, 5) is 21.1. The number of rotatable bonds is 4. The van der Waals surface area contributed by atoms with E-state index in [-0.39, 0.29) is 18.0 Å². The third-order valence-electron chi connectivity index (χ3n) is 5.18. The van der Waals surface area contributed by atoms with Gasteiger partial charge < -0.3 is 4.90 Å². The lowest BCUT2D eigenvalue weighted by Gasteiger charge is -2.36. The first-order valence-corrected chi connectivity index (χ1v) is 8.55. The van der Waals surface area contributed by atoms with Crippen LogP contribution in [0.3, 0.4) is 0 Å². The fourth-order valence-corrected chi connectivity index (χ4v) is 3.36. The van der Waals surface area contributed by atoms with E-state index in [2.05, 4.69) is 41.1 Å². The van der Waals surface area contributed by atoms with Gasteiger partial charge in [0.2, 0.25) is 5.91 Å². The van der Waals surface area contributed by atoms with E-state index in [0.717, 1.165) is 25.1 Å². The second-order valence-corrected chi connectivity index (χ2v) is 6.57. The Morgan fingerprint density at radius 1 is 1.12 bits per heavy atom. The molecule has 0 saturated carbocycles. The summed E-state index contributed by atoms with van der Waals surface area (Å²) in [6, 6.07) is 12.4. The average molecular weight is 323 g/mol. The largest absolute Gasteiger partial charge is 0.338 e. The number of likely N-dealkylation sites (N-methyl/N-ethyl adjacent to an activating group) is 1. The van der Waals surface area contributed by atoms with Crippen molar-refractivity contribution < 1.29 is 4.79 Å². The van der Waals surface area contributed by atoms with Crippen molar-refractivity contribution in [3.63, 3.8) is 0 Å². The molecule has 2 atom stereocenters. The molecule has 0 radical (unpaired) electrons. The summed E-state index contributed by atoms with van der Waals surface area (Å²) < 4.78 is 0. The molecule has 4 nitrogen and oxygen atoms in total. The Hall–Kier alpha value is -2.20. The molecule has 1 aromatic heterocycles. The Bertz CT molecular complexity index is 701. The highest BCUT2D eigenvalue weighted by Crippen LogP contribution is 2.23. The monoisotopic (exact) mass is 323 g/mol. The van der Waals surface area contributed by atoms with Crippen LogP contribution in [0, 0.1) is 0 Å². The molecule has 126 valence electrons. The zero-order chi connectivity index (χ0) is 17.1. The van der Waals surface area contributed by atoms with Gasteiger partial charge in [-0.2, -0.15) is 0 Å². The molecule has 0 N–H and O–H groups in total. The Kier molecular flexibility index (Phi) is 4.95. The maximum atomic E-state index is 12.9. The van der Waals surface area contributed by atoms with Crippen molar-refractivity contribution in [2.24, 2.45) is 0 Å². The molecular formula is C20H25N3O. The van der Waals surface area contributed by atoms with Crippen molar-refractivity contribution >= 4 is 5.91 Å². The Balaban J connectivity index is 1.69. The number of benzene rings is 1. The Labute approximate surface area is 144 Å². The number of pyridine rings is 1. The smallest absolute Gasteiger partial charge is 0.239 e. The summed E-state index contributed by atoms with van der Waals surface area (Å²) in [6.07, 6.45) is 4.56. The second-order valence-electron chi connectivity index (χ2n) is 6.57. The molecule has 1 amide bonds. The van der Waals surface area contributed by atoms with Gasteiger partial charge in [-0.1, -0.05) is 24.3 Å². The van der Waals surface area contributed by atoms with Crippen LogP contribution in [-0.2, 0) is 17.8 Å². The van der Waals surface area contributed by atoms with Crippen LogP contribution >= 0.6 is 0 Å². The van der Waals surface area contributed by atoms with Crippen LogP contribution in [0.15, 0.2) is 48.8 Å². The maximum absolute atomic E-state index is 12.9. The number of hydrogen-bond acceptors (Lipinski definition) is 3. The van der Waals surface area contributed by atoms with Crippen LogP contribution in [0.5, 0.6) is 0 Å². The van der Waals surface area contributed by atoms with Crippen molar-refractivity contribution in [3.05, 3.63) is 65.5 Å². The molecule has 0 spiro atoms. The van der Waals surface area contributed by atoms with Gasteiger partial charge in [-0.3, -0.25) is 14.7 Å². The lowest BCUT2D eigenvalue weighted by atomic mass is 9.98. The third kappa shape index (κ3) is 3.34. The van der Waals surface area contributed by atoms with Gasteiger partial charge in [0.15, 0.2) is 0 Å². The summed E-state index contributed by atoms with van der Waals surface area (Å²) in [6.45, 7) is 5.86. The van der Waals surface area contributed by atoms with E-state index >= 15 is 0 Å². The third-order valence-corrected chi connectivity index (χ3v) is 5.18. The van der Waals surface area contributed by atoms with Gasteiger partial charge in [0.25, 0.3) is 0 Å². The normalized spacial score (nSPS) is 17.0. The van der Waals surface area contributed by atoms with Crippen molar-refractivity contribution in [3.8, 4) is 0 Å². The molecule has 0 fully saturated rings. The lowest BCUT2D eigenvalue weighted by molar-refractivity contribution is -0.137. The van der Waals surface area contributed by atoms with Gasteiger partial charge in [0.1, 0.15) is 0 Å². The van der Waals surface area contributed by atoms with Gasteiger partial charge in [-0.05, 0) is 49.1 Å². The first kappa shape index (κ1) is 16.7. The highest BCUT2D eigenvalue weighted by atomic mass is 16.2. The number of hydrogen-bond donors (Lipinski definition) is 0. The molecule has 4 heteroatoms. The van der Waals surface area contributed by atoms with Crippen LogP contribution < -0.4 is 0 Å². The standard InChI is InChI=1S/C20H25N3O/c1-15(17-8-11-21-12-9-17)22(3)20(24)16(2)23-13-10-18-6-4-5-7-19(18)14-23/h4-9,11-12,15-16H,10,13-14H2,1-3H3/t15-,16-/m1/s1. The summed E-state index contributed by atoms with van der Waals surface area (Å²) in [5.41, 5.74) is 3.86. The lowest BCUT2D eigenvalue weighted by Crippen LogP contribution is -2.48. The molecule has 0 bridgehead atoms. The number of amides is 1. The molecular weight excluding hydrogens is 298 g/mol. The number of carbonyl (C=O) groups excluding carboxylic acids is 1. The van der Waals surface area contributed by atoms with E-state index in [0.29, 0.717) is 0 Å². The van der Waals surface area contributed by atoms with E-state index < -0.39 is 0 Å². The fraction of sp³-hybridized carbons (Fsp3) is 0.400. The predicted octanol–water partition coefficient (Wildman–Crippen LogP) is 3.05. The van der Waals surface area contributed by atoms with Crippen molar-refractivity contribution in [2.45, 2.75) is 38.9 Å². The number of nitrogens with zero attached hydrogens (tertiary/aromatic N) is 3. The highest BCUT2D eigenvalue weighted by molar-refractivity contribution is 5.81. The average Bonchev–Trinajstić information content (AvgIpc) is 2.66. The summed E-state index contributed by atoms with van der Waals surface area (Å²) in [5, 5.41) is 0. The van der Waals surface area contributed by atoms with Crippen molar-refractivity contribution in [2.75, 3.05) is 13.6 Å². The van der Waals surface area contributed by atoms with E-state index in [4.69, 9.17) is 0 Å². The van der Waals surface area contributed by atoms with Crippen LogP contribution in [0.2, 0.25) is 0 Å². The molecule has 24 heavy (non-hydrogen) atoms. The minimum Gasteiger partial charge on any atom is -0.338 e. The zero-order valence-corrected chi connectivity index (χ0v) is 14.6. The van der Waals surface area contributed by atoms with Crippen LogP contribution in [0.1, 0.15) is 36.6 Å². The minimum atomic E-state index is -0.118. The van der Waals surface area contributed by atoms with Crippen LogP contribution in [-0.4, -0.2) is 40.3 Å². The Morgan fingerprint density at radius 2 is 1.79 bits per heavy atom. The number of carbonyl (C=O) groups is 1. The zero-order valence-electron chi connectivity index (χ0n) is 14.6. The minimum absolute atomic E-state index is 0.0417. The van der Waals surface area contributed by atoms with Crippen LogP contribution in [0.25, 0.3) is 0 Å². The predicted molar refractivity (Wildman–Crippen MR) is 95.4 cm³/mol. The first-order chi connectivity index (χ1) is 11.6. The van der Waals surface area contributed by atoms with Crippen molar-refractivity contribution in [1.29, 1.82) is 0 Å². The van der Waals surface area contributed by atoms with E-state index in [1.807, 2.05) is 31.0 Å². The molecule has 0 aliphatic carbocycles. The second kappa shape index (κ2) is 7.14. The highest BCUT2D eigenvalue weighted by Gasteiger charge is 2.29. The summed E-state index contributed by atoms with van der Waals surface area (Å²) >= 11 is 0. The van der Waals surface area contributed by atoms with E-state index in [1.54, 1.807) is 12.4 Å². The molecule has 3 rings (SSSR count). The van der Waals surface area contributed by atoms with Gasteiger partial charge in [0, 0.05) is 32.5 Å². The van der Waals surface area contributed by atoms with Gasteiger partial charge in [-0.15, -0.1) is 0 Å². The van der Waals surface area contributed by atoms with Gasteiger partial charge in [0.05, 0.1) is 12.1 Å². The quantitative estimate of drug-likeness (QED) is 0.868. The fourth-order valence-electron chi connectivity index (χ4n) is 3.36. The molecule has 2 heterocycles. The first-order valence-electron chi connectivity index (χ1n) is 8.55. The van der Waals surface area contributed by atoms with Gasteiger partial charge >= 0.3 is 0 Å². The molecule has 0 saturated heterocycles. The van der Waals surface area contributed by atoms with E-state index in [1.165, 1.54) is 11.1 Å². The van der Waals surface area contributed by atoms with Crippen LogP contribution in [0.4, 0.5) is 0 Å². The van der Waals surface area contributed by atoms with Crippen molar-refractivity contribution in [1.82, 2.24) is 14.8 Å². The summed E-state index contributed by atoms with van der Waals surface area (Å²) in [7, 11) is 1.89. The Morgan fingerprint density at radius 3 is 2.50 bits per heavy atom. The molecule has 1 aliphatic rings. The maximum Gasteiger partial charge on any atom is 0.239 e. The topological polar surface area (TPSA) is 36.4 Å².